The highest BCUT2D eigenvalue weighted by Crippen LogP contribution is 2.24. The number of hydrogen-bond donors (Lipinski definition) is 3. The van der Waals surface area contributed by atoms with Gasteiger partial charge in [0.25, 0.3) is 0 Å². The van der Waals surface area contributed by atoms with Crippen LogP contribution in [0.1, 0.15) is 11.7 Å². The number of benzene rings is 1. The van der Waals surface area contributed by atoms with E-state index >= 15 is 0 Å². The summed E-state index contributed by atoms with van der Waals surface area (Å²) in [6.45, 7) is 0. The number of nitrogen functional groups attached to an aromatic ring is 1. The lowest BCUT2D eigenvalue weighted by Crippen LogP contribution is -2.20. The minimum Gasteiger partial charge on any atom is -0.396 e. The molecule has 3 nitrogen and oxygen atoms in total. The first kappa shape index (κ1) is 11.4. The van der Waals surface area contributed by atoms with E-state index in [9.17, 15) is 14.6 Å². The highest BCUT2D eigenvalue weighted by Gasteiger charge is 2.21. The molecule has 0 aliphatic heterocycles. The summed E-state index contributed by atoms with van der Waals surface area (Å²) in [5.41, 5.74) is 5.29. The predicted octanol–water partition coefficient (Wildman–Crippen LogP) is 1.20. The van der Waals surface area contributed by atoms with E-state index in [-0.39, 0.29) is 16.6 Å². The normalized spacial score (nSPS) is 15.1. The molecule has 1 aromatic rings. The van der Waals surface area contributed by atoms with Crippen LogP contribution in [0.25, 0.3) is 0 Å². The number of aliphatic hydroxyl groups excluding tert-OH is 2. The van der Waals surface area contributed by atoms with E-state index in [2.05, 4.69) is 15.9 Å². The molecule has 1 rings (SSSR count). The van der Waals surface area contributed by atoms with Crippen molar-refractivity contribution in [1.82, 2.24) is 0 Å². The molecule has 2 unspecified atom stereocenters. The topological polar surface area (TPSA) is 66.5 Å². The molecule has 0 saturated heterocycles. The van der Waals surface area contributed by atoms with E-state index in [1.54, 1.807) is 0 Å². The van der Waals surface area contributed by atoms with E-state index in [0.29, 0.717) is 0 Å². The summed E-state index contributed by atoms with van der Waals surface area (Å²) in [7, 11) is 0. The van der Waals surface area contributed by atoms with Gasteiger partial charge in [-0.1, -0.05) is 28.1 Å². The average Bonchev–Trinajstić information content (AvgIpc) is 2.20. The lowest BCUT2D eigenvalue weighted by atomic mass is 10.0. The van der Waals surface area contributed by atoms with Crippen LogP contribution in [0.4, 0.5) is 10.1 Å². The molecule has 5 heteroatoms. The summed E-state index contributed by atoms with van der Waals surface area (Å²) in [6.07, 6.45) is -2.32. The smallest absolute Gasteiger partial charge is 0.151 e. The quantitative estimate of drug-likeness (QED) is 0.567. The second-order valence-electron chi connectivity index (χ2n) is 2.92. The monoisotopic (exact) mass is 263 g/mol. The van der Waals surface area contributed by atoms with Crippen LogP contribution in [0.5, 0.6) is 0 Å². The summed E-state index contributed by atoms with van der Waals surface area (Å²) in [5, 5.41) is 19.0. The molecule has 4 N–H and O–H groups in total. The van der Waals surface area contributed by atoms with Gasteiger partial charge in [-0.25, -0.2) is 4.39 Å². The van der Waals surface area contributed by atoms with Crippen molar-refractivity contribution in [3.63, 3.8) is 0 Å². The first-order valence-corrected chi connectivity index (χ1v) is 5.16. The molecule has 2 atom stereocenters. The van der Waals surface area contributed by atoms with Crippen molar-refractivity contribution in [2.75, 3.05) is 11.1 Å². The molecule has 0 spiro atoms. The minimum atomic E-state index is -1.27. The Hall–Kier alpha value is -0.650. The summed E-state index contributed by atoms with van der Waals surface area (Å²) in [5.74, 6) is -0.681. The van der Waals surface area contributed by atoms with E-state index in [4.69, 9.17) is 5.73 Å². The molecule has 14 heavy (non-hydrogen) atoms. The third-order valence-electron chi connectivity index (χ3n) is 1.90. The Labute approximate surface area is 89.5 Å². The molecule has 0 radical (unpaired) electrons. The number of alkyl halides is 1. The fraction of sp³-hybridized carbons (Fsp3) is 0.333. The van der Waals surface area contributed by atoms with E-state index in [1.807, 2.05) is 0 Å². The molecular formula is C9H11BrFNO2. The van der Waals surface area contributed by atoms with Crippen LogP contribution >= 0.6 is 15.9 Å². The Kier molecular flexibility index (Phi) is 3.86. The SMILES string of the molecule is Nc1cccc(C(O)C(O)CBr)c1F. The van der Waals surface area contributed by atoms with Gasteiger partial charge in [0, 0.05) is 10.9 Å². The van der Waals surface area contributed by atoms with Gasteiger partial charge in [0.2, 0.25) is 0 Å². The lowest BCUT2D eigenvalue weighted by molar-refractivity contribution is 0.0321. The zero-order valence-electron chi connectivity index (χ0n) is 7.32. The number of halogens is 2. The third-order valence-corrected chi connectivity index (χ3v) is 2.56. The fourth-order valence-electron chi connectivity index (χ4n) is 1.09. The number of nitrogens with two attached hydrogens (primary N) is 1. The van der Waals surface area contributed by atoms with Gasteiger partial charge in [0.15, 0.2) is 5.82 Å². The number of hydrogen-bond acceptors (Lipinski definition) is 3. The maximum Gasteiger partial charge on any atom is 0.151 e. The molecule has 0 amide bonds. The van der Waals surface area contributed by atoms with Crippen LogP contribution in [0.3, 0.4) is 0 Å². The van der Waals surface area contributed by atoms with Crippen LogP contribution in [0.2, 0.25) is 0 Å². The number of anilines is 1. The zero-order valence-corrected chi connectivity index (χ0v) is 8.91. The van der Waals surface area contributed by atoms with Crippen LogP contribution in [0, 0.1) is 5.82 Å². The van der Waals surface area contributed by atoms with Gasteiger partial charge in [0.1, 0.15) is 6.10 Å². The van der Waals surface area contributed by atoms with E-state index in [1.165, 1.54) is 18.2 Å². The molecule has 0 heterocycles. The average molecular weight is 264 g/mol. The zero-order chi connectivity index (χ0) is 10.7. The highest BCUT2D eigenvalue weighted by atomic mass is 79.9. The lowest BCUT2D eigenvalue weighted by Gasteiger charge is -2.16. The highest BCUT2D eigenvalue weighted by molar-refractivity contribution is 9.09. The maximum absolute atomic E-state index is 13.3. The second kappa shape index (κ2) is 4.72. The molecule has 0 aliphatic rings. The van der Waals surface area contributed by atoms with Crippen molar-refractivity contribution in [3.8, 4) is 0 Å². The van der Waals surface area contributed by atoms with Gasteiger partial charge in [0.05, 0.1) is 11.8 Å². The first-order chi connectivity index (χ1) is 6.57. The standard InChI is InChI=1S/C9H11BrFNO2/c10-4-7(13)9(14)5-2-1-3-6(12)8(5)11/h1-3,7,9,13-14H,4,12H2. The molecule has 0 aromatic heterocycles. The Bertz CT molecular complexity index is 322. The molecule has 78 valence electrons. The van der Waals surface area contributed by atoms with Crippen LogP contribution in [-0.2, 0) is 0 Å². The third kappa shape index (κ3) is 2.23. The fourth-order valence-corrected chi connectivity index (χ4v) is 1.44. The van der Waals surface area contributed by atoms with Crippen molar-refractivity contribution in [3.05, 3.63) is 29.6 Å². The minimum absolute atomic E-state index is 0.0111. The molecular weight excluding hydrogens is 253 g/mol. The van der Waals surface area contributed by atoms with E-state index in [0.717, 1.165) is 0 Å². The van der Waals surface area contributed by atoms with Crippen molar-refractivity contribution >= 4 is 21.6 Å². The summed E-state index contributed by atoms with van der Waals surface area (Å²) >= 11 is 2.99. The second-order valence-corrected chi connectivity index (χ2v) is 3.56. The Morgan fingerprint density at radius 3 is 2.64 bits per heavy atom. The Morgan fingerprint density at radius 2 is 2.07 bits per heavy atom. The molecule has 0 aliphatic carbocycles. The van der Waals surface area contributed by atoms with Gasteiger partial charge in [-0.3, -0.25) is 0 Å². The molecule has 1 aromatic carbocycles. The van der Waals surface area contributed by atoms with Gasteiger partial charge in [-0.2, -0.15) is 0 Å². The summed E-state index contributed by atoms with van der Waals surface area (Å²) < 4.78 is 13.3. The first-order valence-electron chi connectivity index (χ1n) is 4.04. The Balaban J connectivity index is 3.01. The number of aliphatic hydroxyl groups is 2. The van der Waals surface area contributed by atoms with Crippen molar-refractivity contribution in [1.29, 1.82) is 0 Å². The van der Waals surface area contributed by atoms with Crippen molar-refractivity contribution in [2.24, 2.45) is 0 Å². The van der Waals surface area contributed by atoms with Crippen LogP contribution in [-0.4, -0.2) is 21.6 Å². The van der Waals surface area contributed by atoms with Gasteiger partial charge >= 0.3 is 0 Å². The largest absolute Gasteiger partial charge is 0.396 e. The van der Waals surface area contributed by atoms with Crippen molar-refractivity contribution < 1.29 is 14.6 Å². The van der Waals surface area contributed by atoms with Crippen LogP contribution in [0.15, 0.2) is 18.2 Å². The molecule has 0 bridgehead atoms. The molecule has 0 fully saturated rings. The predicted molar refractivity (Wildman–Crippen MR) is 55.6 cm³/mol. The molecule has 0 saturated carbocycles. The van der Waals surface area contributed by atoms with Gasteiger partial charge in [-0.15, -0.1) is 0 Å². The van der Waals surface area contributed by atoms with Gasteiger partial charge in [-0.05, 0) is 6.07 Å². The number of rotatable bonds is 3. The summed E-state index contributed by atoms with van der Waals surface area (Å²) in [6, 6.07) is 4.31. The van der Waals surface area contributed by atoms with E-state index < -0.39 is 18.0 Å². The summed E-state index contributed by atoms with van der Waals surface area (Å²) in [4.78, 5) is 0. The van der Waals surface area contributed by atoms with Crippen molar-refractivity contribution in [2.45, 2.75) is 12.2 Å². The Morgan fingerprint density at radius 1 is 1.43 bits per heavy atom. The maximum atomic E-state index is 13.3. The van der Waals surface area contributed by atoms with Gasteiger partial charge < -0.3 is 15.9 Å². The van der Waals surface area contributed by atoms with Crippen LogP contribution < -0.4 is 5.73 Å².